The van der Waals surface area contributed by atoms with Crippen molar-refractivity contribution in [3.63, 3.8) is 0 Å². The van der Waals surface area contributed by atoms with E-state index >= 15 is 0 Å². The summed E-state index contributed by atoms with van der Waals surface area (Å²) < 4.78 is 5.37. The number of imidazole rings is 1. The molecule has 2 rings (SSSR count). The van der Waals surface area contributed by atoms with Crippen molar-refractivity contribution in [1.29, 1.82) is 0 Å². The highest BCUT2D eigenvalue weighted by molar-refractivity contribution is 5.56. The molecule has 2 aromatic rings. The number of aromatic amines is 1. The van der Waals surface area contributed by atoms with Gasteiger partial charge in [-0.25, -0.2) is 4.98 Å². The van der Waals surface area contributed by atoms with E-state index in [1.807, 2.05) is 44.3 Å². The third-order valence-corrected chi connectivity index (χ3v) is 2.14. The highest BCUT2D eigenvalue weighted by atomic mass is 16.5. The monoisotopic (exact) mass is 202 g/mol. The smallest absolute Gasteiger partial charge is 0.137 e. The van der Waals surface area contributed by atoms with Crippen LogP contribution in [0.4, 0.5) is 0 Å². The maximum absolute atomic E-state index is 5.37. The SMILES string of the molecule is CCOc1ccc(-c2ncc(C)[nH]2)cc1. The van der Waals surface area contributed by atoms with E-state index in [2.05, 4.69) is 9.97 Å². The number of ether oxygens (including phenoxy) is 1. The minimum atomic E-state index is 0.694. The number of benzene rings is 1. The second-order valence-corrected chi connectivity index (χ2v) is 3.37. The van der Waals surface area contributed by atoms with Crippen LogP contribution in [-0.4, -0.2) is 16.6 Å². The summed E-state index contributed by atoms with van der Waals surface area (Å²) in [6, 6.07) is 7.92. The fourth-order valence-corrected chi connectivity index (χ4v) is 1.44. The fourth-order valence-electron chi connectivity index (χ4n) is 1.44. The van der Waals surface area contributed by atoms with E-state index in [1.54, 1.807) is 0 Å². The number of H-pyrrole nitrogens is 1. The van der Waals surface area contributed by atoms with Crippen LogP contribution >= 0.6 is 0 Å². The van der Waals surface area contributed by atoms with Gasteiger partial charge in [-0.1, -0.05) is 0 Å². The maximum atomic E-state index is 5.37. The van der Waals surface area contributed by atoms with Crippen LogP contribution in [0.3, 0.4) is 0 Å². The number of aromatic nitrogens is 2. The summed E-state index contributed by atoms with van der Waals surface area (Å²) in [6.45, 7) is 4.66. The number of aryl methyl sites for hydroxylation is 1. The van der Waals surface area contributed by atoms with E-state index in [-0.39, 0.29) is 0 Å². The number of hydrogen-bond donors (Lipinski definition) is 1. The summed E-state index contributed by atoms with van der Waals surface area (Å²) in [5.41, 5.74) is 2.14. The predicted molar refractivity (Wildman–Crippen MR) is 59.9 cm³/mol. The largest absolute Gasteiger partial charge is 0.494 e. The maximum Gasteiger partial charge on any atom is 0.137 e. The molecule has 1 aromatic carbocycles. The standard InChI is InChI=1S/C12H14N2O/c1-3-15-11-6-4-10(5-7-11)12-13-8-9(2)14-12/h4-8H,3H2,1-2H3,(H,13,14). The quantitative estimate of drug-likeness (QED) is 0.831. The summed E-state index contributed by atoms with van der Waals surface area (Å²) in [5, 5.41) is 0. The molecule has 0 unspecified atom stereocenters. The Balaban J connectivity index is 2.23. The first-order valence-corrected chi connectivity index (χ1v) is 5.04. The molecule has 0 radical (unpaired) electrons. The van der Waals surface area contributed by atoms with Gasteiger partial charge in [0, 0.05) is 17.5 Å². The summed E-state index contributed by atoms with van der Waals surface area (Å²) in [5.74, 6) is 1.79. The lowest BCUT2D eigenvalue weighted by Gasteiger charge is -2.02. The molecule has 78 valence electrons. The van der Waals surface area contributed by atoms with Crippen molar-refractivity contribution in [3.8, 4) is 17.1 Å². The number of nitrogens with zero attached hydrogens (tertiary/aromatic N) is 1. The molecule has 0 aliphatic rings. The number of nitrogens with one attached hydrogen (secondary N) is 1. The van der Waals surface area contributed by atoms with Gasteiger partial charge in [-0.15, -0.1) is 0 Å². The van der Waals surface area contributed by atoms with Gasteiger partial charge in [-0.05, 0) is 38.1 Å². The first-order valence-electron chi connectivity index (χ1n) is 5.04. The van der Waals surface area contributed by atoms with Crippen LogP contribution in [0.1, 0.15) is 12.6 Å². The van der Waals surface area contributed by atoms with E-state index in [9.17, 15) is 0 Å². The molecular formula is C12H14N2O. The molecular weight excluding hydrogens is 188 g/mol. The first-order chi connectivity index (χ1) is 7.29. The van der Waals surface area contributed by atoms with Crippen molar-refractivity contribution in [2.45, 2.75) is 13.8 Å². The van der Waals surface area contributed by atoms with Gasteiger partial charge in [0.05, 0.1) is 6.61 Å². The van der Waals surface area contributed by atoms with Crippen molar-refractivity contribution in [1.82, 2.24) is 9.97 Å². The Morgan fingerprint density at radius 1 is 1.27 bits per heavy atom. The minimum Gasteiger partial charge on any atom is -0.494 e. The Morgan fingerprint density at radius 3 is 2.53 bits per heavy atom. The van der Waals surface area contributed by atoms with Crippen LogP contribution in [0.25, 0.3) is 11.4 Å². The molecule has 0 amide bonds. The molecule has 3 heteroatoms. The molecule has 15 heavy (non-hydrogen) atoms. The molecule has 0 aliphatic heterocycles. The lowest BCUT2D eigenvalue weighted by Crippen LogP contribution is -1.90. The van der Waals surface area contributed by atoms with E-state index < -0.39 is 0 Å². The lowest BCUT2D eigenvalue weighted by molar-refractivity contribution is 0.340. The highest BCUT2D eigenvalue weighted by Crippen LogP contribution is 2.19. The molecule has 0 bridgehead atoms. The zero-order valence-electron chi connectivity index (χ0n) is 8.95. The van der Waals surface area contributed by atoms with Crippen LogP contribution in [0.5, 0.6) is 5.75 Å². The second kappa shape index (κ2) is 4.17. The first kappa shape index (κ1) is 9.77. The molecule has 1 N–H and O–H groups in total. The van der Waals surface area contributed by atoms with Crippen molar-refractivity contribution in [3.05, 3.63) is 36.2 Å². The van der Waals surface area contributed by atoms with Crippen LogP contribution in [0.2, 0.25) is 0 Å². The second-order valence-electron chi connectivity index (χ2n) is 3.37. The molecule has 0 aliphatic carbocycles. The van der Waals surface area contributed by atoms with Crippen LogP contribution in [-0.2, 0) is 0 Å². The third-order valence-electron chi connectivity index (χ3n) is 2.14. The van der Waals surface area contributed by atoms with Gasteiger partial charge in [0.25, 0.3) is 0 Å². The minimum absolute atomic E-state index is 0.694. The van der Waals surface area contributed by atoms with Crippen LogP contribution in [0, 0.1) is 6.92 Å². The van der Waals surface area contributed by atoms with Crippen molar-refractivity contribution in [2.24, 2.45) is 0 Å². The summed E-state index contributed by atoms with van der Waals surface area (Å²) in [7, 11) is 0. The Bertz CT molecular complexity index is 431. The average Bonchev–Trinajstić information content (AvgIpc) is 2.67. The van der Waals surface area contributed by atoms with Gasteiger partial charge in [0.15, 0.2) is 0 Å². The summed E-state index contributed by atoms with van der Waals surface area (Å²) >= 11 is 0. The molecule has 1 heterocycles. The topological polar surface area (TPSA) is 37.9 Å². The Kier molecular flexibility index (Phi) is 2.72. The average molecular weight is 202 g/mol. The Morgan fingerprint density at radius 2 is 2.00 bits per heavy atom. The van der Waals surface area contributed by atoms with Gasteiger partial charge < -0.3 is 9.72 Å². The molecule has 1 aromatic heterocycles. The van der Waals surface area contributed by atoms with E-state index in [0.717, 1.165) is 22.8 Å². The predicted octanol–water partition coefficient (Wildman–Crippen LogP) is 2.78. The molecule has 0 spiro atoms. The Hall–Kier alpha value is -1.77. The lowest BCUT2D eigenvalue weighted by atomic mass is 10.2. The van der Waals surface area contributed by atoms with E-state index in [1.165, 1.54) is 0 Å². The molecule has 0 saturated carbocycles. The van der Waals surface area contributed by atoms with Gasteiger partial charge in [-0.3, -0.25) is 0 Å². The van der Waals surface area contributed by atoms with Gasteiger partial charge in [-0.2, -0.15) is 0 Å². The van der Waals surface area contributed by atoms with E-state index in [4.69, 9.17) is 4.74 Å². The molecule has 3 nitrogen and oxygen atoms in total. The number of rotatable bonds is 3. The third kappa shape index (κ3) is 2.18. The highest BCUT2D eigenvalue weighted by Gasteiger charge is 2.01. The normalized spacial score (nSPS) is 10.3. The van der Waals surface area contributed by atoms with Gasteiger partial charge in [0.2, 0.25) is 0 Å². The zero-order valence-corrected chi connectivity index (χ0v) is 8.95. The van der Waals surface area contributed by atoms with Crippen LogP contribution < -0.4 is 4.74 Å². The molecule has 0 fully saturated rings. The van der Waals surface area contributed by atoms with Crippen LogP contribution in [0.15, 0.2) is 30.5 Å². The van der Waals surface area contributed by atoms with Gasteiger partial charge in [0.1, 0.15) is 11.6 Å². The fraction of sp³-hybridized carbons (Fsp3) is 0.250. The van der Waals surface area contributed by atoms with Crippen molar-refractivity contribution in [2.75, 3.05) is 6.61 Å². The zero-order chi connectivity index (χ0) is 10.7. The van der Waals surface area contributed by atoms with Crippen molar-refractivity contribution < 1.29 is 4.74 Å². The molecule has 0 saturated heterocycles. The summed E-state index contributed by atoms with van der Waals surface area (Å²) in [4.78, 5) is 7.46. The summed E-state index contributed by atoms with van der Waals surface area (Å²) in [6.07, 6.45) is 1.83. The van der Waals surface area contributed by atoms with Crippen molar-refractivity contribution >= 4 is 0 Å². The molecule has 0 atom stereocenters. The number of hydrogen-bond acceptors (Lipinski definition) is 2. The Labute approximate surface area is 89.1 Å². The van der Waals surface area contributed by atoms with Gasteiger partial charge >= 0.3 is 0 Å². The van der Waals surface area contributed by atoms with E-state index in [0.29, 0.717) is 6.61 Å².